The highest BCUT2D eigenvalue weighted by molar-refractivity contribution is 6.33. The average molecular weight is 535 g/mol. The maximum Gasteiger partial charge on any atom is 0.200 e. The number of fused-ring (bicyclic) bond motifs is 2. The molecular weight excluding hydrogens is 503 g/mol. The van der Waals surface area contributed by atoms with Gasteiger partial charge in [0.1, 0.15) is 11.5 Å². The third-order valence-electron chi connectivity index (χ3n) is 6.83. The number of likely N-dealkylation sites (tertiary alicyclic amines) is 1. The fourth-order valence-corrected chi connectivity index (χ4v) is 5.80. The van der Waals surface area contributed by atoms with Gasteiger partial charge in [-0.2, -0.15) is 0 Å². The van der Waals surface area contributed by atoms with E-state index in [0.29, 0.717) is 37.6 Å². The van der Waals surface area contributed by atoms with Crippen LogP contribution in [-0.2, 0) is 0 Å². The Kier molecular flexibility index (Phi) is 7.71. The second kappa shape index (κ2) is 10.5. The molecule has 0 radical (unpaired) electrons. The van der Waals surface area contributed by atoms with E-state index in [1.807, 2.05) is 30.8 Å². The highest BCUT2D eigenvalue weighted by atomic mass is 35.5. The van der Waals surface area contributed by atoms with Crippen molar-refractivity contribution in [2.45, 2.75) is 36.7 Å². The summed E-state index contributed by atoms with van der Waals surface area (Å²) >= 11 is 13.2. The number of hydrogen-bond acceptors (Lipinski definition) is 8. The van der Waals surface area contributed by atoms with E-state index in [9.17, 15) is 19.8 Å². The van der Waals surface area contributed by atoms with Crippen LogP contribution in [0.15, 0.2) is 24.3 Å². The van der Waals surface area contributed by atoms with E-state index in [0.717, 1.165) is 19.3 Å². The number of piperidine rings is 1. The van der Waals surface area contributed by atoms with Gasteiger partial charge in [0, 0.05) is 37.6 Å². The molecule has 4 N–H and O–H groups in total. The lowest BCUT2D eigenvalue weighted by atomic mass is 9.81. The van der Waals surface area contributed by atoms with Crippen LogP contribution in [0.5, 0.6) is 11.5 Å². The first kappa shape index (κ1) is 26.5. The molecule has 0 bridgehead atoms. The molecule has 8 nitrogen and oxygen atoms in total. The van der Waals surface area contributed by atoms with Crippen LogP contribution >= 0.6 is 23.2 Å². The normalized spacial score (nSPS) is 21.9. The van der Waals surface area contributed by atoms with E-state index in [4.69, 9.17) is 23.2 Å². The van der Waals surface area contributed by atoms with Gasteiger partial charge < -0.3 is 25.7 Å². The van der Waals surface area contributed by atoms with Crippen LogP contribution in [0.1, 0.15) is 58.0 Å². The summed E-state index contributed by atoms with van der Waals surface area (Å²) < 4.78 is 0. The van der Waals surface area contributed by atoms with Crippen molar-refractivity contribution in [1.82, 2.24) is 9.80 Å². The number of aromatic hydroxyl groups is 2. The number of phenols is 2. The van der Waals surface area contributed by atoms with Crippen LogP contribution in [0.4, 0.5) is 11.4 Å². The van der Waals surface area contributed by atoms with Gasteiger partial charge in [-0.1, -0.05) is 0 Å². The Morgan fingerprint density at radius 1 is 0.972 bits per heavy atom. The number of carbonyl (C=O) groups is 2. The van der Waals surface area contributed by atoms with Crippen molar-refractivity contribution in [3.8, 4) is 11.5 Å². The van der Waals surface area contributed by atoms with Crippen LogP contribution in [0.25, 0.3) is 0 Å². The zero-order chi connectivity index (χ0) is 26.2. The molecule has 1 saturated heterocycles. The van der Waals surface area contributed by atoms with Crippen LogP contribution in [0.3, 0.4) is 0 Å². The number of nitrogens with zero attached hydrogens (tertiary/aromatic N) is 2. The number of alkyl halides is 2. The predicted molar refractivity (Wildman–Crippen MR) is 143 cm³/mol. The number of hydrogen-bond donors (Lipinski definition) is 4. The zero-order valence-corrected chi connectivity index (χ0v) is 22.2. The van der Waals surface area contributed by atoms with Crippen LogP contribution in [-0.4, -0.2) is 82.4 Å². The second-order valence-corrected chi connectivity index (χ2v) is 11.1. The van der Waals surface area contributed by atoms with Gasteiger partial charge in [-0.25, -0.2) is 0 Å². The van der Waals surface area contributed by atoms with Crippen molar-refractivity contribution in [2.75, 3.05) is 50.9 Å². The van der Waals surface area contributed by atoms with Gasteiger partial charge in [0.2, 0.25) is 11.6 Å². The molecule has 10 heteroatoms. The SMILES string of the molecule is CN(C)CCNc1ccc(NCCN2C(Cl)CCCC2(C)Cl)c2c1C(=O)c1c(O)ccc(O)c1C2=O. The number of benzene rings is 2. The summed E-state index contributed by atoms with van der Waals surface area (Å²) in [6.07, 6.45) is 2.63. The second-order valence-electron chi connectivity index (χ2n) is 9.74. The molecule has 2 aromatic rings. The first-order chi connectivity index (χ1) is 17.0. The van der Waals surface area contributed by atoms with Gasteiger partial charge in [0.05, 0.1) is 32.8 Å². The summed E-state index contributed by atoms with van der Waals surface area (Å²) in [5.41, 5.74) is 0.743. The molecule has 2 aliphatic rings. The van der Waals surface area contributed by atoms with Gasteiger partial charge in [0.25, 0.3) is 0 Å². The van der Waals surface area contributed by atoms with Crippen LogP contribution < -0.4 is 10.6 Å². The Bertz CT molecular complexity index is 1190. The molecule has 36 heavy (non-hydrogen) atoms. The smallest absolute Gasteiger partial charge is 0.200 e. The number of phenolic OH excluding ortho intramolecular Hbond substituents is 2. The molecule has 2 atom stereocenters. The number of likely N-dealkylation sites (N-methyl/N-ethyl adjacent to an activating group) is 1. The molecule has 194 valence electrons. The number of anilines is 2. The largest absolute Gasteiger partial charge is 0.507 e. The van der Waals surface area contributed by atoms with Gasteiger partial charge in [-0.3, -0.25) is 14.5 Å². The first-order valence-electron chi connectivity index (χ1n) is 12.1. The van der Waals surface area contributed by atoms with E-state index < -0.39 is 16.6 Å². The summed E-state index contributed by atoms with van der Waals surface area (Å²) in [4.78, 5) is 30.7. The zero-order valence-electron chi connectivity index (χ0n) is 20.7. The van der Waals surface area contributed by atoms with E-state index in [1.165, 1.54) is 12.1 Å². The minimum absolute atomic E-state index is 0.165. The lowest BCUT2D eigenvalue weighted by Gasteiger charge is -2.43. The lowest BCUT2D eigenvalue weighted by Crippen LogP contribution is -2.51. The van der Waals surface area contributed by atoms with Crippen molar-refractivity contribution in [1.29, 1.82) is 0 Å². The van der Waals surface area contributed by atoms with Gasteiger partial charge in [-0.05, 0) is 64.5 Å². The summed E-state index contributed by atoms with van der Waals surface area (Å²) in [5, 5.41) is 27.4. The Morgan fingerprint density at radius 2 is 1.50 bits per heavy atom. The van der Waals surface area contributed by atoms with Crippen molar-refractivity contribution in [2.24, 2.45) is 0 Å². The maximum absolute atomic E-state index is 13.6. The molecule has 2 aromatic carbocycles. The number of halogens is 2. The summed E-state index contributed by atoms with van der Waals surface area (Å²) in [7, 11) is 3.88. The number of carbonyl (C=O) groups excluding carboxylic acids is 2. The fourth-order valence-electron chi connectivity index (χ4n) is 4.94. The minimum atomic E-state index is -0.556. The Morgan fingerprint density at radius 3 is 2.00 bits per heavy atom. The molecular formula is C26H32Cl2N4O4. The number of nitrogens with one attached hydrogen (secondary N) is 2. The Balaban J connectivity index is 1.68. The van der Waals surface area contributed by atoms with Gasteiger partial charge in [-0.15, -0.1) is 23.2 Å². The third-order valence-corrected chi connectivity index (χ3v) is 7.69. The van der Waals surface area contributed by atoms with Crippen molar-refractivity contribution in [3.63, 3.8) is 0 Å². The molecule has 0 amide bonds. The topological polar surface area (TPSA) is 105 Å². The molecule has 0 spiro atoms. The first-order valence-corrected chi connectivity index (χ1v) is 12.9. The minimum Gasteiger partial charge on any atom is -0.507 e. The molecule has 1 heterocycles. The van der Waals surface area contributed by atoms with Crippen LogP contribution in [0.2, 0.25) is 0 Å². The van der Waals surface area contributed by atoms with Crippen molar-refractivity contribution in [3.05, 3.63) is 46.5 Å². The quantitative estimate of drug-likeness (QED) is 0.193. The number of ketones is 2. The predicted octanol–water partition coefficient (Wildman–Crippen LogP) is 4.26. The maximum atomic E-state index is 13.6. The van der Waals surface area contributed by atoms with E-state index >= 15 is 0 Å². The molecule has 0 aromatic heterocycles. The van der Waals surface area contributed by atoms with Crippen molar-refractivity contribution < 1.29 is 19.8 Å². The summed E-state index contributed by atoms with van der Waals surface area (Å²) in [6.45, 7) is 4.19. The summed E-state index contributed by atoms with van der Waals surface area (Å²) in [5.74, 6) is -1.74. The monoisotopic (exact) mass is 534 g/mol. The molecule has 0 saturated carbocycles. The third kappa shape index (κ3) is 5.00. The fraction of sp³-hybridized carbons (Fsp3) is 0.462. The van der Waals surface area contributed by atoms with E-state index in [1.54, 1.807) is 12.1 Å². The van der Waals surface area contributed by atoms with Crippen molar-refractivity contribution >= 4 is 46.1 Å². The van der Waals surface area contributed by atoms with Gasteiger partial charge in [0.15, 0.2) is 0 Å². The van der Waals surface area contributed by atoms with E-state index in [2.05, 4.69) is 10.6 Å². The van der Waals surface area contributed by atoms with Crippen LogP contribution in [0, 0.1) is 0 Å². The Labute approximate surface area is 221 Å². The van der Waals surface area contributed by atoms with Gasteiger partial charge >= 0.3 is 0 Å². The molecule has 1 fully saturated rings. The lowest BCUT2D eigenvalue weighted by molar-refractivity contribution is 0.0975. The highest BCUT2D eigenvalue weighted by Crippen LogP contribution is 2.42. The molecule has 1 aliphatic heterocycles. The number of rotatable bonds is 8. The Hall–Kier alpha value is -2.52. The summed E-state index contributed by atoms with van der Waals surface area (Å²) in [6, 6.07) is 5.94. The molecule has 2 unspecified atom stereocenters. The molecule has 1 aliphatic carbocycles. The van der Waals surface area contributed by atoms with E-state index in [-0.39, 0.29) is 39.3 Å². The average Bonchev–Trinajstić information content (AvgIpc) is 2.80. The standard InChI is InChI=1S/C26H32Cl2N4O4/c1-26(28)10-4-5-19(27)32(26)14-12-30-16-7-6-15(29-11-13-31(2)3)20-21(16)25(36)23-18(34)9-8-17(33)22(23)24(20)35/h6-9,19,29-30,33-34H,4-5,10-14H2,1-3H3. The molecule has 4 rings (SSSR count). The highest BCUT2D eigenvalue weighted by Gasteiger charge is 2.39.